The predicted molar refractivity (Wildman–Crippen MR) is 110 cm³/mol. The molecule has 0 aromatic rings. The van der Waals surface area contributed by atoms with Crippen molar-refractivity contribution < 1.29 is 0 Å². The van der Waals surface area contributed by atoms with E-state index in [4.69, 9.17) is 0 Å². The average molecular weight is 362 g/mol. The molecule has 0 aromatic heterocycles. The summed E-state index contributed by atoms with van der Waals surface area (Å²) in [6, 6.07) is 0.735. The number of piperidine rings is 1. The highest BCUT2D eigenvalue weighted by molar-refractivity contribution is 5.00. The molecule has 4 rings (SSSR count). The van der Waals surface area contributed by atoms with E-state index in [0.717, 1.165) is 17.9 Å². The molecule has 150 valence electrons. The van der Waals surface area contributed by atoms with Gasteiger partial charge in [0.25, 0.3) is 0 Å². The highest BCUT2D eigenvalue weighted by Crippen LogP contribution is 2.51. The summed E-state index contributed by atoms with van der Waals surface area (Å²) in [4.78, 5) is 8.28. The minimum atomic E-state index is 0.693. The van der Waals surface area contributed by atoms with Gasteiger partial charge in [-0.3, -0.25) is 0 Å². The lowest BCUT2D eigenvalue weighted by Crippen LogP contribution is -2.61. The van der Waals surface area contributed by atoms with Crippen molar-refractivity contribution in [3.05, 3.63) is 0 Å². The molecule has 0 bridgehead atoms. The second-order valence-corrected chi connectivity index (χ2v) is 11.3. The van der Waals surface area contributed by atoms with Gasteiger partial charge in [-0.15, -0.1) is 0 Å². The van der Waals surface area contributed by atoms with Gasteiger partial charge in [0.05, 0.1) is 0 Å². The molecule has 1 atom stereocenters. The summed E-state index contributed by atoms with van der Waals surface area (Å²) in [6.07, 6.45) is 8.77. The smallest absolute Gasteiger partial charge is 0.00516 e. The summed E-state index contributed by atoms with van der Waals surface area (Å²) < 4.78 is 0. The summed E-state index contributed by atoms with van der Waals surface area (Å²) in [5.41, 5.74) is 1.41. The lowest BCUT2D eigenvalue weighted by atomic mass is 9.71. The largest absolute Gasteiger partial charge is 0.302 e. The van der Waals surface area contributed by atoms with Crippen LogP contribution in [-0.2, 0) is 0 Å². The van der Waals surface area contributed by atoms with Crippen LogP contribution in [0.5, 0.6) is 0 Å². The van der Waals surface area contributed by atoms with Crippen LogP contribution in [0.1, 0.15) is 66.2 Å². The summed E-state index contributed by atoms with van der Waals surface area (Å²) in [7, 11) is 0. The quantitative estimate of drug-likeness (QED) is 0.680. The number of rotatable bonds is 7. The van der Waals surface area contributed by atoms with Gasteiger partial charge in [0.2, 0.25) is 0 Å². The van der Waals surface area contributed by atoms with Crippen molar-refractivity contribution in [2.24, 2.45) is 22.7 Å². The molecule has 26 heavy (non-hydrogen) atoms. The summed E-state index contributed by atoms with van der Waals surface area (Å²) in [5.74, 6) is 1.81. The Morgan fingerprint density at radius 2 is 1.58 bits per heavy atom. The Hall–Kier alpha value is -0.120. The van der Waals surface area contributed by atoms with E-state index in [9.17, 15) is 0 Å². The molecular formula is C23H43N3. The van der Waals surface area contributed by atoms with Gasteiger partial charge in [0.1, 0.15) is 0 Å². The van der Waals surface area contributed by atoms with E-state index in [1.165, 1.54) is 90.9 Å². The van der Waals surface area contributed by atoms with E-state index in [1.54, 1.807) is 0 Å². The molecule has 4 fully saturated rings. The molecule has 0 amide bonds. The fraction of sp³-hybridized carbons (Fsp3) is 1.00. The van der Waals surface area contributed by atoms with Gasteiger partial charge in [-0.2, -0.15) is 0 Å². The molecule has 0 unspecified atom stereocenters. The first-order chi connectivity index (χ1) is 12.4. The standard InChI is InChI=1S/C23H43N3/c1-19(2)13-22(6-7-22)16-24-10-5-21(14-24)15-25-17-23(18-25)8-11-26(12-9-23)20(3)4/h19-21H,5-18H2,1-4H3/t21-/m1/s1. The van der Waals surface area contributed by atoms with Crippen LogP contribution >= 0.6 is 0 Å². The van der Waals surface area contributed by atoms with E-state index < -0.39 is 0 Å². The molecule has 3 saturated heterocycles. The number of hydrogen-bond donors (Lipinski definition) is 0. The third-order valence-corrected chi connectivity index (χ3v) is 7.95. The Labute approximate surface area is 162 Å². The fourth-order valence-corrected chi connectivity index (χ4v) is 6.38. The van der Waals surface area contributed by atoms with Crippen LogP contribution in [0.4, 0.5) is 0 Å². The molecule has 1 saturated carbocycles. The third kappa shape index (κ3) is 4.31. The fourth-order valence-electron chi connectivity index (χ4n) is 6.38. The summed E-state index contributed by atoms with van der Waals surface area (Å²) in [5, 5.41) is 0. The van der Waals surface area contributed by atoms with E-state index in [1.807, 2.05) is 0 Å². The first kappa shape index (κ1) is 19.2. The molecule has 3 heterocycles. The Balaban J connectivity index is 1.16. The zero-order valence-electron chi connectivity index (χ0n) is 18.0. The van der Waals surface area contributed by atoms with Gasteiger partial charge in [0.15, 0.2) is 0 Å². The monoisotopic (exact) mass is 361 g/mol. The topological polar surface area (TPSA) is 9.72 Å². The van der Waals surface area contributed by atoms with Crippen LogP contribution in [0.2, 0.25) is 0 Å². The van der Waals surface area contributed by atoms with Crippen molar-refractivity contribution in [1.29, 1.82) is 0 Å². The Morgan fingerprint density at radius 3 is 2.15 bits per heavy atom. The number of likely N-dealkylation sites (tertiary alicyclic amines) is 3. The maximum atomic E-state index is 2.82. The highest BCUT2D eigenvalue weighted by Gasteiger charge is 2.47. The third-order valence-electron chi connectivity index (χ3n) is 7.95. The minimum Gasteiger partial charge on any atom is -0.302 e. The van der Waals surface area contributed by atoms with E-state index >= 15 is 0 Å². The molecule has 3 aliphatic heterocycles. The van der Waals surface area contributed by atoms with Crippen molar-refractivity contribution in [2.45, 2.75) is 72.3 Å². The predicted octanol–water partition coefficient (Wildman–Crippen LogP) is 3.94. The molecule has 3 heteroatoms. The van der Waals surface area contributed by atoms with Gasteiger partial charge in [-0.25, -0.2) is 0 Å². The van der Waals surface area contributed by atoms with Crippen molar-refractivity contribution in [1.82, 2.24) is 14.7 Å². The SMILES string of the molecule is CC(C)CC1(CN2CC[C@@H](CN3CC4(CCN(C(C)C)CC4)C3)C2)CC1. The maximum absolute atomic E-state index is 2.82. The van der Waals surface area contributed by atoms with Crippen molar-refractivity contribution in [3.8, 4) is 0 Å². The zero-order chi connectivity index (χ0) is 18.4. The molecule has 3 nitrogen and oxygen atoms in total. The van der Waals surface area contributed by atoms with Crippen molar-refractivity contribution >= 4 is 0 Å². The molecule has 1 spiro atoms. The van der Waals surface area contributed by atoms with Gasteiger partial charge < -0.3 is 14.7 Å². The van der Waals surface area contributed by atoms with Crippen LogP contribution in [0.25, 0.3) is 0 Å². The van der Waals surface area contributed by atoms with Gasteiger partial charge >= 0.3 is 0 Å². The zero-order valence-corrected chi connectivity index (χ0v) is 18.0. The second kappa shape index (κ2) is 7.37. The molecule has 0 N–H and O–H groups in total. The second-order valence-electron chi connectivity index (χ2n) is 11.3. The molecule has 1 aliphatic carbocycles. The molecule has 4 aliphatic rings. The van der Waals surface area contributed by atoms with Crippen LogP contribution in [-0.4, -0.2) is 73.1 Å². The summed E-state index contributed by atoms with van der Waals surface area (Å²) in [6.45, 7) is 20.5. The maximum Gasteiger partial charge on any atom is 0.00516 e. The van der Waals surface area contributed by atoms with Gasteiger partial charge in [0, 0.05) is 38.8 Å². The lowest BCUT2D eigenvalue weighted by Gasteiger charge is -2.55. The van der Waals surface area contributed by atoms with Crippen molar-refractivity contribution in [3.63, 3.8) is 0 Å². The minimum absolute atomic E-state index is 0.693. The van der Waals surface area contributed by atoms with Crippen LogP contribution < -0.4 is 0 Å². The van der Waals surface area contributed by atoms with E-state index in [-0.39, 0.29) is 0 Å². The van der Waals surface area contributed by atoms with Crippen LogP contribution in [0.15, 0.2) is 0 Å². The first-order valence-electron chi connectivity index (χ1n) is 11.6. The molecular weight excluding hydrogens is 318 g/mol. The van der Waals surface area contributed by atoms with E-state index in [0.29, 0.717) is 10.8 Å². The Kier molecular flexibility index (Phi) is 5.44. The Morgan fingerprint density at radius 1 is 0.885 bits per heavy atom. The van der Waals surface area contributed by atoms with Crippen molar-refractivity contribution in [2.75, 3.05) is 52.4 Å². The molecule has 0 aromatic carbocycles. The first-order valence-corrected chi connectivity index (χ1v) is 11.6. The lowest BCUT2D eigenvalue weighted by molar-refractivity contribution is -0.0571. The van der Waals surface area contributed by atoms with Crippen LogP contribution in [0.3, 0.4) is 0 Å². The van der Waals surface area contributed by atoms with Crippen LogP contribution in [0, 0.1) is 22.7 Å². The van der Waals surface area contributed by atoms with Gasteiger partial charge in [-0.05, 0) is 94.7 Å². The Bertz CT molecular complexity index is 466. The van der Waals surface area contributed by atoms with E-state index in [2.05, 4.69) is 42.4 Å². The summed E-state index contributed by atoms with van der Waals surface area (Å²) >= 11 is 0. The number of hydrogen-bond acceptors (Lipinski definition) is 3. The average Bonchev–Trinajstić information content (AvgIpc) is 3.14. The normalized spacial score (nSPS) is 31.8. The van der Waals surface area contributed by atoms with Gasteiger partial charge in [-0.1, -0.05) is 13.8 Å². The number of nitrogens with zero attached hydrogens (tertiary/aromatic N) is 3. The highest BCUT2D eigenvalue weighted by atomic mass is 15.2. The molecule has 0 radical (unpaired) electrons.